The van der Waals surface area contributed by atoms with E-state index < -0.39 is 28.4 Å². The molecule has 1 aliphatic heterocycles. The molecular weight excluding hydrogens is 474 g/mol. The average Bonchev–Trinajstić information content (AvgIpc) is 3.34. The molecule has 5 rings (SSSR count). The van der Waals surface area contributed by atoms with Crippen LogP contribution >= 0.6 is 11.3 Å². The molecule has 0 unspecified atom stereocenters. The van der Waals surface area contributed by atoms with E-state index in [1.807, 2.05) is 30.3 Å². The minimum Gasteiger partial charge on any atom is -0.462 e. The fraction of sp³-hybridized carbons (Fsp3) is 0.125. The van der Waals surface area contributed by atoms with Crippen molar-refractivity contribution in [3.63, 3.8) is 0 Å². The predicted octanol–water partition coefficient (Wildman–Crippen LogP) is 4.29. The van der Waals surface area contributed by atoms with E-state index in [-0.39, 0.29) is 21.5 Å². The number of sulfonamides is 1. The highest BCUT2D eigenvalue weighted by molar-refractivity contribution is 7.93. The fourth-order valence-corrected chi connectivity index (χ4v) is 6.48. The van der Waals surface area contributed by atoms with Crippen LogP contribution in [-0.2, 0) is 19.6 Å². The zero-order valence-corrected chi connectivity index (χ0v) is 19.7. The molecule has 0 spiro atoms. The first-order valence-electron chi connectivity index (χ1n) is 10.5. The minimum absolute atomic E-state index is 0.179. The Kier molecular flexibility index (Phi) is 5.54. The second-order valence-corrected chi connectivity index (χ2v) is 10.3. The maximum Gasteiger partial charge on any atom is 0.350 e. The lowest BCUT2D eigenvalue weighted by Gasteiger charge is -2.17. The fourth-order valence-electron chi connectivity index (χ4n) is 3.92. The van der Waals surface area contributed by atoms with E-state index in [0.29, 0.717) is 22.3 Å². The van der Waals surface area contributed by atoms with E-state index in [9.17, 15) is 18.0 Å². The van der Waals surface area contributed by atoms with Crippen molar-refractivity contribution in [3.05, 3.63) is 71.6 Å². The summed E-state index contributed by atoms with van der Waals surface area (Å²) in [5.41, 5.74) is 1.55. The number of nitrogens with zero attached hydrogens (tertiary/aromatic N) is 2. The van der Waals surface area contributed by atoms with E-state index in [1.165, 1.54) is 6.07 Å². The zero-order valence-electron chi connectivity index (χ0n) is 18.0. The Morgan fingerprint density at radius 1 is 1.03 bits per heavy atom. The highest BCUT2D eigenvalue weighted by Crippen LogP contribution is 2.42. The molecule has 172 valence electrons. The number of anilines is 2. The summed E-state index contributed by atoms with van der Waals surface area (Å²) in [6.07, 6.45) is 0. The summed E-state index contributed by atoms with van der Waals surface area (Å²) in [6, 6.07) is 19.4. The summed E-state index contributed by atoms with van der Waals surface area (Å²) < 4.78 is 32.5. The molecule has 0 bridgehead atoms. The monoisotopic (exact) mass is 493 g/mol. The zero-order chi connectivity index (χ0) is 23.9. The van der Waals surface area contributed by atoms with Gasteiger partial charge in [0.25, 0.3) is 10.0 Å². The van der Waals surface area contributed by atoms with Crippen LogP contribution in [0, 0.1) is 0 Å². The number of carbonyl (C=O) groups is 2. The molecule has 0 aliphatic carbocycles. The Hall–Kier alpha value is -3.76. The third-order valence-corrected chi connectivity index (χ3v) is 8.10. The Labute approximate surface area is 199 Å². The SMILES string of the molecule is CCOC(=O)c1sc(NC(=O)CN2c3cccc4cccc(c34)S2(=O)=O)nc1-c1ccccc1. The molecular formula is C24H19N3O5S2. The third-order valence-electron chi connectivity index (χ3n) is 5.35. The van der Waals surface area contributed by atoms with Crippen molar-refractivity contribution >= 4 is 54.8 Å². The van der Waals surface area contributed by atoms with Crippen molar-refractivity contribution in [1.82, 2.24) is 4.98 Å². The summed E-state index contributed by atoms with van der Waals surface area (Å²) in [6.45, 7) is 1.48. The van der Waals surface area contributed by atoms with Crippen LogP contribution in [0.25, 0.3) is 22.0 Å². The quantitative estimate of drug-likeness (QED) is 0.402. The number of esters is 1. The molecule has 1 aliphatic rings. The number of thiazole rings is 1. The number of nitrogens with one attached hydrogen (secondary N) is 1. The number of carbonyl (C=O) groups excluding carboxylic acids is 2. The van der Waals surface area contributed by atoms with E-state index in [0.717, 1.165) is 21.0 Å². The number of hydrogen-bond acceptors (Lipinski definition) is 7. The summed E-state index contributed by atoms with van der Waals surface area (Å²) in [4.78, 5) is 30.3. The van der Waals surface area contributed by atoms with E-state index in [2.05, 4.69) is 10.3 Å². The molecule has 3 aromatic carbocycles. The van der Waals surface area contributed by atoms with Crippen molar-refractivity contribution in [2.24, 2.45) is 0 Å². The molecule has 0 saturated heterocycles. The van der Waals surface area contributed by atoms with Gasteiger partial charge in [0.15, 0.2) is 5.13 Å². The maximum atomic E-state index is 13.1. The third kappa shape index (κ3) is 3.70. The topological polar surface area (TPSA) is 106 Å². The van der Waals surface area contributed by atoms with Gasteiger partial charge < -0.3 is 10.1 Å². The Morgan fingerprint density at radius 3 is 2.50 bits per heavy atom. The minimum atomic E-state index is -3.87. The van der Waals surface area contributed by atoms with Gasteiger partial charge in [-0.15, -0.1) is 0 Å². The smallest absolute Gasteiger partial charge is 0.350 e. The van der Waals surface area contributed by atoms with Gasteiger partial charge in [0.2, 0.25) is 5.91 Å². The van der Waals surface area contributed by atoms with Gasteiger partial charge in [-0.1, -0.05) is 65.9 Å². The highest BCUT2D eigenvalue weighted by Gasteiger charge is 2.36. The molecule has 1 amide bonds. The number of rotatable bonds is 6. The molecule has 10 heteroatoms. The standard InChI is InChI=1S/C24H19N3O5S2/c1-2-32-23(29)22-21(16-8-4-3-5-9-16)26-24(33-22)25-19(28)14-27-17-12-6-10-15-11-7-13-18(20(15)17)34(27,30)31/h3-13H,2,14H2,1H3,(H,25,26,28). The lowest BCUT2D eigenvalue weighted by molar-refractivity contribution is -0.114. The molecule has 0 saturated carbocycles. The number of benzene rings is 3. The second-order valence-electron chi connectivity index (χ2n) is 7.47. The molecule has 1 N–H and O–H groups in total. The van der Waals surface area contributed by atoms with Gasteiger partial charge in [-0.3, -0.25) is 9.10 Å². The van der Waals surface area contributed by atoms with Gasteiger partial charge in [-0.25, -0.2) is 18.2 Å². The van der Waals surface area contributed by atoms with Crippen LogP contribution in [0.1, 0.15) is 16.6 Å². The molecule has 4 aromatic rings. The van der Waals surface area contributed by atoms with E-state index >= 15 is 0 Å². The average molecular weight is 494 g/mol. The summed E-state index contributed by atoms with van der Waals surface area (Å²) in [7, 11) is -3.87. The summed E-state index contributed by atoms with van der Waals surface area (Å²) in [5.74, 6) is -1.11. The van der Waals surface area contributed by atoms with E-state index in [4.69, 9.17) is 4.74 Å². The van der Waals surface area contributed by atoms with Crippen LogP contribution in [0.3, 0.4) is 0 Å². The Morgan fingerprint density at radius 2 is 1.76 bits per heavy atom. The molecule has 0 radical (unpaired) electrons. The lowest BCUT2D eigenvalue weighted by Crippen LogP contribution is -2.35. The van der Waals surface area contributed by atoms with Crippen molar-refractivity contribution in [2.45, 2.75) is 11.8 Å². The maximum absolute atomic E-state index is 13.1. The van der Waals surface area contributed by atoms with Gasteiger partial charge in [-0.05, 0) is 24.4 Å². The predicted molar refractivity (Wildman–Crippen MR) is 131 cm³/mol. The van der Waals surface area contributed by atoms with Crippen LogP contribution in [0.2, 0.25) is 0 Å². The van der Waals surface area contributed by atoms with Gasteiger partial charge >= 0.3 is 5.97 Å². The first-order valence-corrected chi connectivity index (χ1v) is 12.7. The van der Waals surface area contributed by atoms with Crippen molar-refractivity contribution in [2.75, 3.05) is 22.8 Å². The molecule has 8 nitrogen and oxygen atoms in total. The normalized spacial score (nSPS) is 13.7. The number of aromatic nitrogens is 1. The summed E-state index contributed by atoms with van der Waals surface area (Å²) >= 11 is 0.985. The summed E-state index contributed by atoms with van der Waals surface area (Å²) in [5, 5.41) is 4.21. The molecule has 2 heterocycles. The Balaban J connectivity index is 1.44. The van der Waals surface area contributed by atoms with Crippen molar-refractivity contribution in [1.29, 1.82) is 0 Å². The van der Waals surface area contributed by atoms with Gasteiger partial charge in [-0.2, -0.15) is 0 Å². The highest BCUT2D eigenvalue weighted by atomic mass is 32.2. The lowest BCUT2D eigenvalue weighted by atomic mass is 10.1. The molecule has 0 atom stereocenters. The first kappa shape index (κ1) is 22.1. The molecule has 34 heavy (non-hydrogen) atoms. The van der Waals surface area contributed by atoms with Crippen LogP contribution in [-0.4, -0.2) is 38.4 Å². The van der Waals surface area contributed by atoms with Crippen LogP contribution in [0.4, 0.5) is 10.8 Å². The van der Waals surface area contributed by atoms with E-state index in [1.54, 1.807) is 37.3 Å². The van der Waals surface area contributed by atoms with Crippen LogP contribution in [0.5, 0.6) is 0 Å². The van der Waals surface area contributed by atoms with Gasteiger partial charge in [0.05, 0.1) is 22.9 Å². The van der Waals surface area contributed by atoms with Gasteiger partial charge in [0, 0.05) is 10.9 Å². The van der Waals surface area contributed by atoms with Crippen LogP contribution in [0.15, 0.2) is 71.6 Å². The van der Waals surface area contributed by atoms with Crippen LogP contribution < -0.4 is 9.62 Å². The van der Waals surface area contributed by atoms with Crippen molar-refractivity contribution in [3.8, 4) is 11.3 Å². The largest absolute Gasteiger partial charge is 0.462 e. The van der Waals surface area contributed by atoms with Gasteiger partial charge in [0.1, 0.15) is 11.4 Å². The first-order chi connectivity index (χ1) is 16.4. The number of amides is 1. The number of ether oxygens (including phenoxy) is 1. The number of hydrogen-bond donors (Lipinski definition) is 1. The Bertz CT molecular complexity index is 1530. The molecule has 1 aromatic heterocycles. The van der Waals surface area contributed by atoms with Crippen molar-refractivity contribution < 1.29 is 22.7 Å². The second kappa shape index (κ2) is 8.54. The molecule has 0 fully saturated rings.